The van der Waals surface area contributed by atoms with Crippen LogP contribution < -0.4 is 10.2 Å². The van der Waals surface area contributed by atoms with E-state index in [-0.39, 0.29) is 5.91 Å². The van der Waals surface area contributed by atoms with Crippen LogP contribution in [0, 0.1) is 6.92 Å². The van der Waals surface area contributed by atoms with Crippen LogP contribution in [0.15, 0.2) is 53.9 Å². The SMILES string of the molecule is Cc1ccsc1C(=O)Nc1cc(N2CCN(C(=O)O)CC2)ccc1/C=C/c1n[nH]c2ccccc12. The molecular formula is C26H25N5O3S. The summed E-state index contributed by atoms with van der Waals surface area (Å²) >= 11 is 1.42. The van der Waals surface area contributed by atoms with Gasteiger partial charge in [-0.15, -0.1) is 11.3 Å². The molecule has 2 amide bonds. The first-order valence-electron chi connectivity index (χ1n) is 11.3. The van der Waals surface area contributed by atoms with E-state index in [4.69, 9.17) is 0 Å². The maximum atomic E-state index is 13.0. The Morgan fingerprint density at radius 2 is 1.89 bits per heavy atom. The molecule has 1 saturated heterocycles. The third kappa shape index (κ3) is 4.76. The highest BCUT2D eigenvalue weighted by molar-refractivity contribution is 7.12. The molecule has 3 heterocycles. The van der Waals surface area contributed by atoms with Crippen LogP contribution in [-0.4, -0.2) is 58.4 Å². The lowest BCUT2D eigenvalue weighted by molar-refractivity contribution is 0.103. The average Bonchev–Trinajstić information content (AvgIpc) is 3.49. The summed E-state index contributed by atoms with van der Waals surface area (Å²) in [6.07, 6.45) is 2.99. The molecule has 8 nitrogen and oxygen atoms in total. The molecule has 1 fully saturated rings. The number of anilines is 2. The number of rotatable bonds is 5. The van der Waals surface area contributed by atoms with Crippen molar-refractivity contribution in [3.63, 3.8) is 0 Å². The van der Waals surface area contributed by atoms with Crippen molar-refractivity contribution in [2.75, 3.05) is 36.4 Å². The van der Waals surface area contributed by atoms with Gasteiger partial charge in [-0.1, -0.05) is 30.3 Å². The highest BCUT2D eigenvalue weighted by Crippen LogP contribution is 2.28. The molecule has 3 N–H and O–H groups in total. The van der Waals surface area contributed by atoms with Gasteiger partial charge in [0.05, 0.1) is 21.8 Å². The summed E-state index contributed by atoms with van der Waals surface area (Å²) in [5.74, 6) is -0.148. The quantitative estimate of drug-likeness (QED) is 0.361. The van der Waals surface area contributed by atoms with E-state index < -0.39 is 6.09 Å². The summed E-state index contributed by atoms with van der Waals surface area (Å²) in [6.45, 7) is 4.00. The van der Waals surface area contributed by atoms with Crippen LogP contribution in [0.3, 0.4) is 0 Å². The lowest BCUT2D eigenvalue weighted by Crippen LogP contribution is -2.48. The van der Waals surface area contributed by atoms with Crippen LogP contribution >= 0.6 is 11.3 Å². The number of aromatic nitrogens is 2. The second-order valence-corrected chi connectivity index (χ2v) is 9.32. The minimum atomic E-state index is -0.893. The number of thiophene rings is 1. The zero-order chi connectivity index (χ0) is 24.4. The number of aromatic amines is 1. The van der Waals surface area contributed by atoms with Crippen molar-refractivity contribution in [1.82, 2.24) is 15.1 Å². The number of aryl methyl sites for hydroxylation is 1. The Hall–Kier alpha value is -4.11. The number of fused-ring (bicyclic) bond motifs is 1. The zero-order valence-corrected chi connectivity index (χ0v) is 20.0. The first-order chi connectivity index (χ1) is 17.0. The molecule has 0 radical (unpaired) electrons. The van der Waals surface area contributed by atoms with E-state index in [1.807, 2.05) is 73.0 Å². The van der Waals surface area contributed by atoms with Crippen molar-refractivity contribution in [2.24, 2.45) is 0 Å². The minimum Gasteiger partial charge on any atom is -0.465 e. The number of carbonyl (C=O) groups is 2. The molecule has 0 spiro atoms. The molecule has 0 atom stereocenters. The lowest BCUT2D eigenvalue weighted by atomic mass is 10.1. The van der Waals surface area contributed by atoms with E-state index in [9.17, 15) is 14.7 Å². The Labute approximate surface area is 206 Å². The second-order valence-electron chi connectivity index (χ2n) is 8.40. The molecule has 1 aliphatic rings. The number of amides is 2. The summed E-state index contributed by atoms with van der Waals surface area (Å²) in [5.41, 5.74) is 5.21. The van der Waals surface area contributed by atoms with Crippen molar-refractivity contribution >= 4 is 57.8 Å². The monoisotopic (exact) mass is 487 g/mol. The highest BCUT2D eigenvalue weighted by atomic mass is 32.1. The van der Waals surface area contributed by atoms with Gasteiger partial charge in [-0.05, 0) is 53.8 Å². The standard InChI is InChI=1S/C26H25N5O3S/c1-17-10-15-35-24(17)25(32)27-23-16-19(30-11-13-31(14-12-30)26(33)34)8-6-18(23)7-9-22-20-4-2-3-5-21(20)28-29-22/h2-10,15-16H,11-14H2,1H3,(H,27,32)(H,28,29)(H,33,34)/b9-7+. The molecule has 0 bridgehead atoms. The van der Waals surface area contributed by atoms with E-state index >= 15 is 0 Å². The van der Waals surface area contributed by atoms with Gasteiger partial charge in [-0.2, -0.15) is 5.10 Å². The van der Waals surface area contributed by atoms with Crippen molar-refractivity contribution in [2.45, 2.75) is 6.92 Å². The molecule has 0 saturated carbocycles. The van der Waals surface area contributed by atoms with E-state index in [1.165, 1.54) is 16.2 Å². The van der Waals surface area contributed by atoms with Gasteiger partial charge in [0.25, 0.3) is 5.91 Å². The minimum absolute atomic E-state index is 0.148. The third-order valence-electron chi connectivity index (χ3n) is 6.19. The predicted octanol–water partition coefficient (Wildman–Crippen LogP) is 5.16. The number of carbonyl (C=O) groups excluding carboxylic acids is 1. The Bertz CT molecular complexity index is 1420. The van der Waals surface area contributed by atoms with E-state index in [0.29, 0.717) is 36.7 Å². The highest BCUT2D eigenvalue weighted by Gasteiger charge is 2.21. The number of piperazine rings is 1. The van der Waals surface area contributed by atoms with Gasteiger partial charge in [-0.25, -0.2) is 4.79 Å². The van der Waals surface area contributed by atoms with Crippen LogP contribution in [0.4, 0.5) is 16.2 Å². The van der Waals surface area contributed by atoms with Crippen LogP contribution in [0.1, 0.15) is 26.5 Å². The average molecular weight is 488 g/mol. The van der Waals surface area contributed by atoms with Gasteiger partial charge in [-0.3, -0.25) is 9.89 Å². The fraction of sp³-hybridized carbons (Fsp3) is 0.192. The van der Waals surface area contributed by atoms with Gasteiger partial charge in [0.15, 0.2) is 0 Å². The Morgan fingerprint density at radius 3 is 2.63 bits per heavy atom. The van der Waals surface area contributed by atoms with Gasteiger partial charge in [0.1, 0.15) is 0 Å². The number of hydrogen-bond acceptors (Lipinski definition) is 5. The van der Waals surface area contributed by atoms with Gasteiger partial charge < -0.3 is 20.2 Å². The number of para-hydroxylation sites is 1. The van der Waals surface area contributed by atoms with Crippen LogP contribution in [0.25, 0.3) is 23.1 Å². The third-order valence-corrected chi connectivity index (χ3v) is 7.20. The van der Waals surface area contributed by atoms with Crippen molar-refractivity contribution in [3.05, 3.63) is 75.6 Å². The van der Waals surface area contributed by atoms with Gasteiger partial charge in [0.2, 0.25) is 0 Å². The zero-order valence-electron chi connectivity index (χ0n) is 19.2. The number of H-pyrrole nitrogens is 1. The second kappa shape index (κ2) is 9.63. The molecule has 1 aliphatic heterocycles. The molecule has 2 aromatic carbocycles. The first-order valence-corrected chi connectivity index (χ1v) is 12.2. The molecule has 9 heteroatoms. The number of nitrogens with zero attached hydrogens (tertiary/aromatic N) is 3. The van der Waals surface area contributed by atoms with Crippen molar-refractivity contribution in [1.29, 1.82) is 0 Å². The van der Waals surface area contributed by atoms with Gasteiger partial charge in [0, 0.05) is 37.3 Å². The normalized spacial score (nSPS) is 14.1. The summed E-state index contributed by atoms with van der Waals surface area (Å²) in [4.78, 5) is 28.5. The number of hydrogen-bond donors (Lipinski definition) is 3. The summed E-state index contributed by atoms with van der Waals surface area (Å²) < 4.78 is 0. The number of benzene rings is 2. The first kappa shape index (κ1) is 22.7. The Morgan fingerprint density at radius 1 is 1.09 bits per heavy atom. The molecule has 5 rings (SSSR count). The molecule has 0 unspecified atom stereocenters. The summed E-state index contributed by atoms with van der Waals surface area (Å²) in [6, 6.07) is 15.8. The predicted molar refractivity (Wildman–Crippen MR) is 140 cm³/mol. The fourth-order valence-corrected chi connectivity index (χ4v) is 5.04. The van der Waals surface area contributed by atoms with Crippen LogP contribution in [-0.2, 0) is 0 Å². The number of nitrogens with one attached hydrogen (secondary N) is 2. The van der Waals surface area contributed by atoms with Gasteiger partial charge >= 0.3 is 6.09 Å². The van der Waals surface area contributed by atoms with E-state index in [0.717, 1.165) is 33.4 Å². The topological polar surface area (TPSA) is 102 Å². The van der Waals surface area contributed by atoms with Crippen molar-refractivity contribution < 1.29 is 14.7 Å². The van der Waals surface area contributed by atoms with E-state index in [1.54, 1.807) is 0 Å². The molecule has 35 heavy (non-hydrogen) atoms. The molecule has 2 aromatic heterocycles. The summed E-state index contributed by atoms with van der Waals surface area (Å²) in [7, 11) is 0. The van der Waals surface area contributed by atoms with Crippen LogP contribution in [0.5, 0.6) is 0 Å². The van der Waals surface area contributed by atoms with E-state index in [2.05, 4.69) is 20.4 Å². The smallest absolute Gasteiger partial charge is 0.407 e. The molecule has 0 aliphatic carbocycles. The molecule has 178 valence electrons. The lowest BCUT2D eigenvalue weighted by Gasteiger charge is -2.35. The maximum absolute atomic E-state index is 13.0. The Balaban J connectivity index is 1.45. The fourth-order valence-electron chi connectivity index (χ4n) is 4.22. The van der Waals surface area contributed by atoms with Crippen LogP contribution in [0.2, 0.25) is 0 Å². The largest absolute Gasteiger partial charge is 0.465 e. The number of carboxylic acid groups (broad SMARTS) is 1. The summed E-state index contributed by atoms with van der Waals surface area (Å²) in [5, 5.41) is 22.7. The Kier molecular flexibility index (Phi) is 6.24. The molecular weight excluding hydrogens is 462 g/mol. The molecule has 4 aromatic rings. The van der Waals surface area contributed by atoms with Crippen molar-refractivity contribution in [3.8, 4) is 0 Å². The maximum Gasteiger partial charge on any atom is 0.407 e.